The zero-order valence-corrected chi connectivity index (χ0v) is 31.7. The Labute approximate surface area is 292 Å². The molecule has 48 heavy (non-hydrogen) atoms. The molecule has 6 saturated carbocycles. The van der Waals surface area contributed by atoms with Crippen LogP contribution in [0, 0.1) is 69.0 Å². The lowest BCUT2D eigenvalue weighted by Crippen LogP contribution is -2.67. The molecule has 0 aromatic heterocycles. The molecule has 1 saturated heterocycles. The van der Waals surface area contributed by atoms with Gasteiger partial charge < -0.3 is 20.2 Å². The van der Waals surface area contributed by atoms with Crippen LogP contribution in [-0.4, -0.2) is 71.6 Å². The second-order valence-electron chi connectivity index (χ2n) is 19.4. The summed E-state index contributed by atoms with van der Waals surface area (Å²) in [5.41, 5.74) is 1.76. The molecule has 6 nitrogen and oxygen atoms in total. The van der Waals surface area contributed by atoms with Gasteiger partial charge >= 0.3 is 0 Å². The third-order valence-corrected chi connectivity index (χ3v) is 17.7. The number of hydrogen-bond donors (Lipinski definition) is 2. The molecule has 6 heteroatoms. The van der Waals surface area contributed by atoms with Crippen LogP contribution in [0.4, 0.5) is 0 Å². The molecule has 0 bridgehead atoms. The largest absolute Gasteiger partial charge is 0.393 e. The van der Waals surface area contributed by atoms with Gasteiger partial charge in [0.05, 0.1) is 11.5 Å². The first kappa shape index (κ1) is 35.0. The predicted octanol–water partition coefficient (Wildman–Crippen LogP) is 7.31. The maximum atomic E-state index is 14.8. The number of carbonyl (C=O) groups is 2. The summed E-state index contributed by atoms with van der Waals surface area (Å²) in [6.45, 7) is 25.9. The normalized spacial score (nSPS) is 50.3. The molecule has 0 aromatic carbocycles. The van der Waals surface area contributed by atoms with Crippen molar-refractivity contribution in [2.24, 2.45) is 69.0 Å². The number of likely N-dealkylation sites (N-methyl/N-ethyl adjacent to an activating group) is 1. The van der Waals surface area contributed by atoms with Crippen molar-refractivity contribution < 1.29 is 14.7 Å². The molecule has 7 fully saturated rings. The molecular formula is C42H69N3O3. The topological polar surface area (TPSA) is 72.9 Å². The highest BCUT2D eigenvalue weighted by molar-refractivity contribution is 5.85. The second-order valence-corrected chi connectivity index (χ2v) is 19.4. The Morgan fingerprint density at radius 3 is 2.25 bits per heavy atom. The van der Waals surface area contributed by atoms with E-state index in [1.807, 2.05) is 0 Å². The van der Waals surface area contributed by atoms with Gasteiger partial charge in [-0.25, -0.2) is 0 Å². The highest BCUT2D eigenvalue weighted by Crippen LogP contribution is 2.76. The van der Waals surface area contributed by atoms with Gasteiger partial charge in [0.2, 0.25) is 11.8 Å². The lowest BCUT2D eigenvalue weighted by Gasteiger charge is -2.72. The van der Waals surface area contributed by atoms with Crippen LogP contribution in [0.3, 0.4) is 0 Å². The molecule has 0 radical (unpaired) electrons. The van der Waals surface area contributed by atoms with Gasteiger partial charge in [0.25, 0.3) is 0 Å². The van der Waals surface area contributed by atoms with E-state index in [-0.39, 0.29) is 40.2 Å². The van der Waals surface area contributed by atoms with Crippen molar-refractivity contribution >= 4 is 11.8 Å². The first-order chi connectivity index (χ1) is 22.7. The number of aliphatic hydroxyl groups excluding tert-OH is 1. The molecule has 270 valence electrons. The van der Waals surface area contributed by atoms with E-state index >= 15 is 0 Å². The number of aliphatic hydroxyl groups is 1. The fourth-order valence-electron chi connectivity index (χ4n) is 14.5. The van der Waals surface area contributed by atoms with Gasteiger partial charge in [-0.3, -0.25) is 9.59 Å². The molecular weight excluding hydrogens is 594 g/mol. The van der Waals surface area contributed by atoms with Gasteiger partial charge in [0, 0.05) is 38.1 Å². The summed E-state index contributed by atoms with van der Waals surface area (Å²) in [5.74, 6) is 4.08. The second kappa shape index (κ2) is 12.4. The van der Waals surface area contributed by atoms with Crippen molar-refractivity contribution in [1.82, 2.24) is 15.1 Å². The quantitative estimate of drug-likeness (QED) is 0.293. The summed E-state index contributed by atoms with van der Waals surface area (Å²) in [7, 11) is 0. The van der Waals surface area contributed by atoms with Crippen LogP contribution in [0.5, 0.6) is 0 Å². The molecule has 7 aliphatic rings. The predicted molar refractivity (Wildman–Crippen MR) is 193 cm³/mol. The van der Waals surface area contributed by atoms with Gasteiger partial charge in [0.1, 0.15) is 0 Å². The number of piperazine rings is 1. The number of rotatable bonds is 6. The van der Waals surface area contributed by atoms with E-state index in [4.69, 9.17) is 0 Å². The lowest BCUT2D eigenvalue weighted by molar-refractivity contribution is -0.235. The molecule has 7 rings (SSSR count). The number of carbonyl (C=O) groups excluding carboxylic acids is 2. The summed E-state index contributed by atoms with van der Waals surface area (Å²) in [6.07, 6.45) is 13.1. The van der Waals surface area contributed by atoms with E-state index < -0.39 is 0 Å². The van der Waals surface area contributed by atoms with Gasteiger partial charge in [0.15, 0.2) is 0 Å². The van der Waals surface area contributed by atoms with Crippen LogP contribution in [0.1, 0.15) is 126 Å². The maximum absolute atomic E-state index is 14.8. The number of amides is 2. The Morgan fingerprint density at radius 1 is 0.854 bits per heavy atom. The summed E-state index contributed by atoms with van der Waals surface area (Å²) < 4.78 is 0. The fourth-order valence-corrected chi connectivity index (χ4v) is 14.5. The van der Waals surface area contributed by atoms with E-state index in [9.17, 15) is 14.7 Å². The van der Waals surface area contributed by atoms with E-state index in [1.54, 1.807) is 0 Å². The van der Waals surface area contributed by atoms with Crippen molar-refractivity contribution in [3.63, 3.8) is 0 Å². The van der Waals surface area contributed by atoms with Gasteiger partial charge in [-0.05, 0) is 148 Å². The fraction of sp³-hybridized carbons (Fsp3) is 0.905. The number of fused-ring (bicyclic) bond motifs is 7. The van der Waals surface area contributed by atoms with Gasteiger partial charge in [-0.2, -0.15) is 0 Å². The number of nitrogens with one attached hydrogen (secondary N) is 1. The molecule has 1 heterocycles. The van der Waals surface area contributed by atoms with E-state index in [2.05, 4.69) is 70.2 Å². The van der Waals surface area contributed by atoms with E-state index in [1.165, 1.54) is 31.3 Å². The zero-order valence-electron chi connectivity index (χ0n) is 31.7. The highest BCUT2D eigenvalue weighted by Gasteiger charge is 2.71. The average Bonchev–Trinajstić information content (AvgIpc) is 3.43. The van der Waals surface area contributed by atoms with Crippen LogP contribution >= 0.6 is 0 Å². The summed E-state index contributed by atoms with van der Waals surface area (Å²) in [4.78, 5) is 32.8. The number of allylic oxidation sites excluding steroid dienone is 1. The Hall–Kier alpha value is -1.40. The Morgan fingerprint density at radius 2 is 1.58 bits per heavy atom. The lowest BCUT2D eigenvalue weighted by atomic mass is 9.33. The van der Waals surface area contributed by atoms with Crippen molar-refractivity contribution in [2.75, 3.05) is 32.7 Å². The smallest absolute Gasteiger partial charge is 0.226 e. The van der Waals surface area contributed by atoms with Crippen molar-refractivity contribution in [1.29, 1.82) is 0 Å². The minimum Gasteiger partial charge on any atom is -0.393 e. The minimum absolute atomic E-state index is 0.0431. The SMILES string of the molecule is C=C(C)CC1CCC2(C(=O)NC3CC(C(=O)N4CCN(CC)CC4)C3C)CCC3(C)C(CCC4C5(C)CCC(O)C(C)C5CCC43C)C12. The third-order valence-electron chi connectivity index (χ3n) is 17.7. The molecule has 0 spiro atoms. The zero-order chi connectivity index (χ0) is 34.4. The van der Waals surface area contributed by atoms with Crippen LogP contribution in [-0.2, 0) is 9.59 Å². The Kier molecular flexibility index (Phi) is 9.03. The first-order valence-corrected chi connectivity index (χ1v) is 20.3. The highest BCUT2D eigenvalue weighted by atomic mass is 16.3. The Bertz CT molecular complexity index is 1280. The van der Waals surface area contributed by atoms with Crippen LogP contribution in [0.2, 0.25) is 0 Å². The average molecular weight is 664 g/mol. The number of nitrogens with zero attached hydrogens (tertiary/aromatic N) is 2. The van der Waals surface area contributed by atoms with Crippen molar-refractivity contribution in [3.8, 4) is 0 Å². The Balaban J connectivity index is 1.10. The van der Waals surface area contributed by atoms with Crippen molar-refractivity contribution in [2.45, 2.75) is 138 Å². The number of hydrogen-bond acceptors (Lipinski definition) is 4. The summed E-state index contributed by atoms with van der Waals surface area (Å²) in [6, 6.07) is 0.110. The van der Waals surface area contributed by atoms with Crippen LogP contribution < -0.4 is 5.32 Å². The van der Waals surface area contributed by atoms with Crippen LogP contribution in [0.15, 0.2) is 12.2 Å². The van der Waals surface area contributed by atoms with Gasteiger partial charge in [-0.15, -0.1) is 6.58 Å². The summed E-state index contributed by atoms with van der Waals surface area (Å²) in [5, 5.41) is 14.5. The molecule has 2 amide bonds. The molecule has 6 aliphatic carbocycles. The first-order valence-electron chi connectivity index (χ1n) is 20.3. The minimum atomic E-state index is -0.288. The molecule has 14 atom stereocenters. The van der Waals surface area contributed by atoms with E-state index in [0.29, 0.717) is 52.7 Å². The summed E-state index contributed by atoms with van der Waals surface area (Å²) >= 11 is 0. The van der Waals surface area contributed by atoms with Gasteiger partial charge in [-0.1, -0.05) is 47.1 Å². The molecule has 14 unspecified atom stereocenters. The molecule has 0 aromatic rings. The van der Waals surface area contributed by atoms with E-state index in [0.717, 1.165) is 84.1 Å². The molecule has 1 aliphatic heterocycles. The molecule has 2 N–H and O–H groups in total. The third kappa shape index (κ3) is 5.05. The van der Waals surface area contributed by atoms with Crippen LogP contribution in [0.25, 0.3) is 0 Å². The van der Waals surface area contributed by atoms with Crippen molar-refractivity contribution in [3.05, 3.63) is 12.2 Å². The maximum Gasteiger partial charge on any atom is 0.226 e. The monoisotopic (exact) mass is 664 g/mol. The standard InChI is InChI=1S/C42H69N3O3/c1-9-44-20-22-45(23-21-44)37(47)30-25-33(27(30)4)43-38(48)42-17-12-29(24-26(2)3)36(42)32-10-11-35-39(6)15-14-34(46)28(5)31(39)13-16-41(35,8)40(32,7)18-19-42/h27-36,46H,2,9-25H2,1,3-8H3,(H,43,48).